The largest absolute Gasteiger partial charge is 0.469 e. The van der Waals surface area contributed by atoms with E-state index >= 15 is 0 Å². The zero-order valence-corrected chi connectivity index (χ0v) is 19.6. The van der Waals surface area contributed by atoms with E-state index in [-0.39, 0.29) is 6.61 Å². The third-order valence-corrected chi connectivity index (χ3v) is 7.50. The van der Waals surface area contributed by atoms with Gasteiger partial charge in [0.2, 0.25) is 0 Å². The Balaban J connectivity index is 1.40. The van der Waals surface area contributed by atoms with Crippen LogP contribution in [0.1, 0.15) is 44.0 Å². The molecule has 1 fully saturated rings. The van der Waals surface area contributed by atoms with Crippen molar-refractivity contribution in [2.24, 2.45) is 11.7 Å². The summed E-state index contributed by atoms with van der Waals surface area (Å²) in [7, 11) is -4.61. The molecule has 0 spiro atoms. The highest BCUT2D eigenvalue weighted by atomic mass is 32.1. The molecule has 2 heterocycles. The van der Waals surface area contributed by atoms with Gasteiger partial charge in [0, 0.05) is 23.9 Å². The molecule has 1 saturated carbocycles. The molecule has 0 amide bonds. The second-order valence-electron chi connectivity index (χ2n) is 8.60. The monoisotopic (exact) mass is 477 g/mol. The van der Waals surface area contributed by atoms with Crippen LogP contribution in [0.2, 0.25) is 0 Å². The number of aryl methyl sites for hydroxylation is 1. The van der Waals surface area contributed by atoms with Gasteiger partial charge in [0.15, 0.2) is 0 Å². The van der Waals surface area contributed by atoms with Crippen molar-refractivity contribution in [3.8, 4) is 21.7 Å². The van der Waals surface area contributed by atoms with Gasteiger partial charge in [0.25, 0.3) is 0 Å². The number of benzene rings is 1. The molecule has 1 aromatic carbocycles. The fourth-order valence-corrected chi connectivity index (χ4v) is 5.23. The number of nitrogens with two attached hydrogens (primary N) is 1. The first-order valence-corrected chi connectivity index (χ1v) is 13.0. The zero-order chi connectivity index (χ0) is 22.8. The van der Waals surface area contributed by atoms with Gasteiger partial charge in [-0.05, 0) is 24.8 Å². The van der Waals surface area contributed by atoms with Crippen LogP contribution in [0, 0.1) is 5.92 Å². The Kier molecular flexibility index (Phi) is 6.90. The first-order valence-electron chi connectivity index (χ1n) is 10.7. The minimum Gasteiger partial charge on any atom is -0.318 e. The molecule has 0 radical (unpaired) electrons. The normalized spacial score (nSPS) is 17.0. The Labute approximate surface area is 190 Å². The smallest absolute Gasteiger partial charge is 0.318 e. The quantitative estimate of drug-likeness (QED) is 0.394. The van der Waals surface area contributed by atoms with Crippen molar-refractivity contribution in [1.29, 1.82) is 0 Å². The van der Waals surface area contributed by atoms with Crippen LogP contribution in [0.5, 0.6) is 0 Å². The van der Waals surface area contributed by atoms with Gasteiger partial charge in [-0.1, -0.05) is 61.3 Å². The number of aromatic nitrogens is 4. The van der Waals surface area contributed by atoms with E-state index in [9.17, 15) is 4.57 Å². The highest BCUT2D eigenvalue weighted by molar-refractivity contribution is 7.46. The number of rotatable bonds is 9. The number of phosphoric ester groups is 1. The van der Waals surface area contributed by atoms with Crippen molar-refractivity contribution < 1.29 is 18.9 Å². The molecule has 0 unspecified atom stereocenters. The summed E-state index contributed by atoms with van der Waals surface area (Å²) in [5, 5.41) is 13.9. The summed E-state index contributed by atoms with van der Waals surface area (Å²) < 4.78 is 17.5. The van der Waals surface area contributed by atoms with Crippen molar-refractivity contribution in [3.63, 3.8) is 0 Å². The number of hydrogen-bond donors (Lipinski definition) is 3. The van der Waals surface area contributed by atoms with Gasteiger partial charge >= 0.3 is 7.82 Å². The SMILES string of the molecule is C[C@](N)(COP(=O)(O)O)c1nnc(-c2ccc(-c3cnn(CCC4CCCC4)c3)cc2)s1. The molecule has 0 saturated heterocycles. The highest BCUT2D eigenvalue weighted by Gasteiger charge is 2.30. The molecule has 1 atom stereocenters. The standard InChI is InChI=1S/C21H28N5O4PS/c1-21(22,14-30-31(27,28)29)20-25-24-19(32-20)17-8-6-16(7-9-17)18-12-23-26(13-18)11-10-15-4-2-3-5-15/h6-9,12-13,15H,2-5,10-11,14,22H2,1H3,(H2,27,28,29)/t21-/m0/s1. The van der Waals surface area contributed by atoms with Gasteiger partial charge in [-0.25, -0.2) is 4.57 Å². The second kappa shape index (κ2) is 9.51. The molecule has 3 aromatic rings. The molecule has 9 nitrogen and oxygen atoms in total. The highest BCUT2D eigenvalue weighted by Crippen LogP contribution is 2.38. The van der Waals surface area contributed by atoms with Gasteiger partial charge in [0.05, 0.1) is 18.3 Å². The number of hydrogen-bond acceptors (Lipinski definition) is 7. The molecule has 172 valence electrons. The van der Waals surface area contributed by atoms with Crippen molar-refractivity contribution in [1.82, 2.24) is 20.0 Å². The molecule has 2 aromatic heterocycles. The summed E-state index contributed by atoms with van der Waals surface area (Å²) in [6.45, 7) is 2.19. The molecule has 4 N–H and O–H groups in total. The molecular weight excluding hydrogens is 449 g/mol. The number of phosphoric acid groups is 1. The summed E-state index contributed by atoms with van der Waals surface area (Å²) in [6, 6.07) is 7.98. The summed E-state index contributed by atoms with van der Waals surface area (Å²) in [5.41, 5.74) is 8.01. The average Bonchev–Trinajstić information content (AvgIpc) is 3.52. The lowest BCUT2D eigenvalue weighted by Gasteiger charge is -2.21. The van der Waals surface area contributed by atoms with Gasteiger partial charge in [-0.2, -0.15) is 5.10 Å². The molecule has 0 aliphatic heterocycles. The van der Waals surface area contributed by atoms with Crippen molar-refractivity contribution in [2.75, 3.05) is 6.61 Å². The Hall–Kier alpha value is -1.94. The van der Waals surface area contributed by atoms with Crippen LogP contribution in [0.25, 0.3) is 21.7 Å². The molecule has 0 bridgehead atoms. The van der Waals surface area contributed by atoms with Crippen LogP contribution in [-0.4, -0.2) is 36.4 Å². The predicted octanol–water partition coefficient (Wildman–Crippen LogP) is 3.93. The van der Waals surface area contributed by atoms with Gasteiger partial charge in [0.1, 0.15) is 10.0 Å². The fourth-order valence-electron chi connectivity index (χ4n) is 3.90. The van der Waals surface area contributed by atoms with E-state index in [1.165, 1.54) is 43.4 Å². The summed E-state index contributed by atoms with van der Waals surface area (Å²) >= 11 is 1.27. The van der Waals surface area contributed by atoms with Crippen molar-refractivity contribution >= 4 is 19.2 Å². The predicted molar refractivity (Wildman–Crippen MR) is 123 cm³/mol. The average molecular weight is 478 g/mol. The van der Waals surface area contributed by atoms with E-state index in [0.29, 0.717) is 10.0 Å². The Morgan fingerprint density at radius 1 is 1.19 bits per heavy atom. The van der Waals surface area contributed by atoms with E-state index < -0.39 is 13.4 Å². The maximum absolute atomic E-state index is 11.0. The van der Waals surface area contributed by atoms with Gasteiger partial charge in [-0.15, -0.1) is 10.2 Å². The molecular formula is C21H28N5O4PS. The third-order valence-electron chi connectivity index (χ3n) is 5.79. The van der Waals surface area contributed by atoms with Crippen molar-refractivity contribution in [3.05, 3.63) is 41.7 Å². The van der Waals surface area contributed by atoms with Gasteiger partial charge < -0.3 is 15.5 Å². The van der Waals surface area contributed by atoms with Crippen LogP contribution in [0.15, 0.2) is 36.7 Å². The van der Waals surface area contributed by atoms with E-state index in [1.807, 2.05) is 35.1 Å². The maximum Gasteiger partial charge on any atom is 0.469 e. The molecule has 1 aliphatic rings. The summed E-state index contributed by atoms with van der Waals surface area (Å²) in [6.07, 6.45) is 10.6. The lowest BCUT2D eigenvalue weighted by Crippen LogP contribution is -2.37. The maximum atomic E-state index is 11.0. The molecule has 11 heteroatoms. The minimum absolute atomic E-state index is 0.365. The fraction of sp³-hybridized carbons (Fsp3) is 0.476. The lowest BCUT2D eigenvalue weighted by atomic mass is 10.0. The summed E-state index contributed by atoms with van der Waals surface area (Å²) in [5.74, 6) is 0.845. The first-order chi connectivity index (χ1) is 15.2. The summed E-state index contributed by atoms with van der Waals surface area (Å²) in [4.78, 5) is 17.8. The second-order valence-corrected chi connectivity index (χ2v) is 10.8. The molecule has 4 rings (SSSR count). The van der Waals surface area contributed by atoms with Crippen LogP contribution in [0.4, 0.5) is 0 Å². The van der Waals surface area contributed by atoms with E-state index in [4.69, 9.17) is 15.5 Å². The Bertz CT molecular complexity index is 1090. The zero-order valence-electron chi connectivity index (χ0n) is 17.9. The Morgan fingerprint density at radius 2 is 1.88 bits per heavy atom. The van der Waals surface area contributed by atoms with Crippen LogP contribution < -0.4 is 5.73 Å². The van der Waals surface area contributed by atoms with Gasteiger partial charge in [-0.3, -0.25) is 9.21 Å². The lowest BCUT2D eigenvalue weighted by molar-refractivity contribution is 0.158. The number of nitrogens with zero attached hydrogens (tertiary/aromatic N) is 4. The van der Waals surface area contributed by atoms with E-state index in [0.717, 1.165) is 29.2 Å². The van der Waals surface area contributed by atoms with Crippen LogP contribution in [-0.2, 0) is 21.2 Å². The van der Waals surface area contributed by atoms with E-state index in [2.05, 4.69) is 26.0 Å². The topological polar surface area (TPSA) is 136 Å². The first kappa shape index (κ1) is 23.2. The molecule has 1 aliphatic carbocycles. The van der Waals surface area contributed by atoms with Crippen LogP contribution >= 0.6 is 19.2 Å². The third kappa shape index (κ3) is 5.89. The minimum atomic E-state index is -4.61. The van der Waals surface area contributed by atoms with Crippen LogP contribution in [0.3, 0.4) is 0 Å². The Morgan fingerprint density at radius 3 is 2.56 bits per heavy atom. The molecule has 32 heavy (non-hydrogen) atoms. The van der Waals surface area contributed by atoms with E-state index in [1.54, 1.807) is 6.92 Å². The van der Waals surface area contributed by atoms with Crippen molar-refractivity contribution in [2.45, 2.75) is 51.1 Å².